The summed E-state index contributed by atoms with van der Waals surface area (Å²) < 4.78 is 37.2. The minimum absolute atomic E-state index is 0.0979. The fourth-order valence-electron chi connectivity index (χ4n) is 1.39. The van der Waals surface area contributed by atoms with E-state index in [9.17, 15) is 13.2 Å². The van der Waals surface area contributed by atoms with E-state index in [1.807, 2.05) is 13.8 Å². The van der Waals surface area contributed by atoms with Gasteiger partial charge in [0.05, 0.1) is 0 Å². The number of unbranched alkanes of at least 4 members (excludes halogenated alkanes) is 1. The number of halogens is 3. The minimum atomic E-state index is -4.27. The predicted molar refractivity (Wildman–Crippen MR) is 69.5 cm³/mol. The van der Waals surface area contributed by atoms with Crippen LogP contribution in [0, 0.1) is 11.8 Å². The van der Waals surface area contributed by atoms with Crippen LogP contribution in [0.15, 0.2) is 23.1 Å². The summed E-state index contributed by atoms with van der Waals surface area (Å²) in [6, 6.07) is 4.97. The first kappa shape index (κ1) is 15.0. The zero-order valence-corrected chi connectivity index (χ0v) is 11.2. The minimum Gasteiger partial charge on any atom is -0.160 e. The van der Waals surface area contributed by atoms with Gasteiger partial charge in [-0.05, 0) is 42.3 Å². The molecule has 1 aromatic carbocycles. The van der Waals surface area contributed by atoms with Gasteiger partial charge in [-0.25, -0.2) is 0 Å². The van der Waals surface area contributed by atoms with Crippen molar-refractivity contribution in [2.75, 3.05) is 0 Å². The standard InChI is InChI=1S/C14H15F3S/c1-3-5-6-7-12-10-11(4-2)8-9-13(12)18-14(15,16)17/h8-10H,3-5H2,1-2H3. The average molecular weight is 272 g/mol. The molecule has 0 saturated carbocycles. The molecule has 0 saturated heterocycles. The number of rotatable bonds is 3. The van der Waals surface area contributed by atoms with E-state index in [4.69, 9.17) is 0 Å². The number of alkyl halides is 3. The maximum Gasteiger partial charge on any atom is 0.446 e. The van der Waals surface area contributed by atoms with E-state index in [1.54, 1.807) is 12.1 Å². The summed E-state index contributed by atoms with van der Waals surface area (Å²) in [4.78, 5) is 0.184. The second-order valence-corrected chi connectivity index (χ2v) is 4.89. The van der Waals surface area contributed by atoms with Gasteiger partial charge in [-0.2, -0.15) is 13.2 Å². The molecule has 0 radical (unpaired) electrons. The normalized spacial score (nSPS) is 10.9. The molecule has 98 valence electrons. The van der Waals surface area contributed by atoms with Crippen LogP contribution in [0.2, 0.25) is 0 Å². The van der Waals surface area contributed by atoms with Crippen molar-refractivity contribution in [3.8, 4) is 11.8 Å². The van der Waals surface area contributed by atoms with Gasteiger partial charge in [-0.1, -0.05) is 31.8 Å². The second-order valence-electron chi connectivity index (χ2n) is 3.78. The molecule has 0 N–H and O–H groups in total. The molecule has 0 bridgehead atoms. The summed E-state index contributed by atoms with van der Waals surface area (Å²) >= 11 is -0.0979. The van der Waals surface area contributed by atoms with E-state index in [0.717, 1.165) is 18.4 Å². The molecule has 0 heterocycles. The lowest BCUT2D eigenvalue weighted by Gasteiger charge is -2.09. The van der Waals surface area contributed by atoms with Crippen LogP contribution in [0.1, 0.15) is 37.8 Å². The Hall–Kier alpha value is -1.08. The van der Waals surface area contributed by atoms with Gasteiger partial charge < -0.3 is 0 Å². The molecule has 18 heavy (non-hydrogen) atoms. The van der Waals surface area contributed by atoms with E-state index < -0.39 is 5.51 Å². The molecule has 0 aliphatic carbocycles. The highest BCUT2D eigenvalue weighted by molar-refractivity contribution is 8.00. The van der Waals surface area contributed by atoms with E-state index in [0.29, 0.717) is 12.0 Å². The van der Waals surface area contributed by atoms with Crippen LogP contribution in [0.3, 0.4) is 0 Å². The molecule has 0 atom stereocenters. The van der Waals surface area contributed by atoms with Gasteiger partial charge in [0.2, 0.25) is 0 Å². The zero-order chi connectivity index (χ0) is 13.6. The fourth-order valence-corrected chi connectivity index (χ4v) is 2.00. The summed E-state index contributed by atoms with van der Waals surface area (Å²) in [7, 11) is 0. The van der Waals surface area contributed by atoms with E-state index >= 15 is 0 Å². The van der Waals surface area contributed by atoms with Crippen LogP contribution in [0.25, 0.3) is 0 Å². The highest BCUT2D eigenvalue weighted by Gasteiger charge is 2.30. The monoisotopic (exact) mass is 272 g/mol. The molecular formula is C14H15F3S. The topological polar surface area (TPSA) is 0 Å². The molecule has 0 spiro atoms. The fraction of sp³-hybridized carbons (Fsp3) is 0.429. The molecule has 0 unspecified atom stereocenters. The van der Waals surface area contributed by atoms with Crippen LogP contribution in [0.5, 0.6) is 0 Å². The summed E-state index contributed by atoms with van der Waals surface area (Å²) in [6.07, 6.45) is 2.40. The summed E-state index contributed by atoms with van der Waals surface area (Å²) in [6.45, 7) is 3.96. The Morgan fingerprint density at radius 2 is 1.94 bits per heavy atom. The largest absolute Gasteiger partial charge is 0.446 e. The lowest BCUT2D eigenvalue weighted by Crippen LogP contribution is -2.00. The van der Waals surface area contributed by atoms with Gasteiger partial charge in [0.1, 0.15) is 0 Å². The zero-order valence-electron chi connectivity index (χ0n) is 10.4. The molecule has 0 aliphatic rings. The second kappa shape index (κ2) is 6.75. The molecule has 1 aromatic rings. The van der Waals surface area contributed by atoms with E-state index in [2.05, 4.69) is 11.8 Å². The molecule has 4 heteroatoms. The first-order chi connectivity index (χ1) is 8.46. The Kier molecular flexibility index (Phi) is 5.61. The van der Waals surface area contributed by atoms with E-state index in [1.165, 1.54) is 6.07 Å². The Morgan fingerprint density at radius 3 is 2.50 bits per heavy atom. The van der Waals surface area contributed by atoms with Crippen molar-refractivity contribution in [1.29, 1.82) is 0 Å². The number of thioether (sulfide) groups is 1. The number of hydrogen-bond acceptors (Lipinski definition) is 1. The molecule has 0 fully saturated rings. The van der Waals surface area contributed by atoms with Crippen LogP contribution < -0.4 is 0 Å². The summed E-state index contributed by atoms with van der Waals surface area (Å²) in [5.74, 6) is 5.74. The number of hydrogen-bond donors (Lipinski definition) is 0. The first-order valence-electron chi connectivity index (χ1n) is 5.83. The van der Waals surface area contributed by atoms with Crippen molar-refractivity contribution in [2.24, 2.45) is 0 Å². The van der Waals surface area contributed by atoms with Crippen molar-refractivity contribution in [3.05, 3.63) is 29.3 Å². The van der Waals surface area contributed by atoms with Crippen molar-refractivity contribution >= 4 is 11.8 Å². The third-order valence-electron chi connectivity index (χ3n) is 2.28. The number of aryl methyl sites for hydroxylation is 1. The van der Waals surface area contributed by atoms with Gasteiger partial charge in [-0.15, -0.1) is 0 Å². The molecule has 0 aliphatic heterocycles. The van der Waals surface area contributed by atoms with Gasteiger partial charge >= 0.3 is 5.51 Å². The quantitative estimate of drug-likeness (QED) is 0.550. The van der Waals surface area contributed by atoms with Crippen molar-refractivity contribution < 1.29 is 13.2 Å². The third kappa shape index (κ3) is 5.05. The van der Waals surface area contributed by atoms with Gasteiger partial charge in [0.15, 0.2) is 0 Å². The summed E-state index contributed by atoms with van der Waals surface area (Å²) in [5, 5.41) is 0. The Morgan fingerprint density at radius 1 is 1.22 bits per heavy atom. The van der Waals surface area contributed by atoms with Crippen LogP contribution in [-0.4, -0.2) is 5.51 Å². The van der Waals surface area contributed by atoms with Crippen LogP contribution in [-0.2, 0) is 6.42 Å². The van der Waals surface area contributed by atoms with Gasteiger partial charge in [0.25, 0.3) is 0 Å². The van der Waals surface area contributed by atoms with E-state index in [-0.39, 0.29) is 16.7 Å². The number of benzene rings is 1. The Balaban J connectivity index is 3.05. The SMILES string of the molecule is CCCC#Cc1cc(CC)ccc1SC(F)(F)F. The predicted octanol–water partition coefficient (Wildman–Crippen LogP) is 5.01. The first-order valence-corrected chi connectivity index (χ1v) is 6.65. The third-order valence-corrected chi connectivity index (χ3v) is 3.08. The molecule has 0 amide bonds. The van der Waals surface area contributed by atoms with Crippen molar-refractivity contribution in [2.45, 2.75) is 43.5 Å². The molecular weight excluding hydrogens is 257 g/mol. The Bertz CT molecular complexity index is 452. The van der Waals surface area contributed by atoms with Crippen molar-refractivity contribution in [3.63, 3.8) is 0 Å². The summed E-state index contributed by atoms with van der Waals surface area (Å²) in [5.41, 5.74) is -2.79. The van der Waals surface area contributed by atoms with Crippen LogP contribution in [0.4, 0.5) is 13.2 Å². The maximum absolute atomic E-state index is 12.4. The van der Waals surface area contributed by atoms with Gasteiger partial charge in [-0.3, -0.25) is 0 Å². The average Bonchev–Trinajstić information content (AvgIpc) is 2.29. The van der Waals surface area contributed by atoms with Crippen LogP contribution >= 0.6 is 11.8 Å². The highest BCUT2D eigenvalue weighted by atomic mass is 32.2. The van der Waals surface area contributed by atoms with Gasteiger partial charge in [0, 0.05) is 16.9 Å². The maximum atomic E-state index is 12.4. The highest BCUT2D eigenvalue weighted by Crippen LogP contribution is 2.38. The smallest absolute Gasteiger partial charge is 0.160 e. The molecule has 0 nitrogen and oxygen atoms in total. The lowest BCUT2D eigenvalue weighted by atomic mass is 10.1. The Labute approximate surface area is 110 Å². The lowest BCUT2D eigenvalue weighted by molar-refractivity contribution is -0.0328. The molecule has 1 rings (SSSR count). The van der Waals surface area contributed by atoms with Crippen molar-refractivity contribution in [1.82, 2.24) is 0 Å². The molecule has 0 aromatic heterocycles.